The molecule has 11 nitrogen and oxygen atoms in total. The average molecular weight is 589 g/mol. The first-order chi connectivity index (χ1) is 21.0. The second-order valence-electron chi connectivity index (χ2n) is 9.31. The van der Waals surface area contributed by atoms with E-state index in [1.807, 2.05) is 24.3 Å². The van der Waals surface area contributed by atoms with Crippen LogP contribution in [0, 0.1) is 0 Å². The zero-order valence-corrected chi connectivity index (χ0v) is 24.6. The summed E-state index contributed by atoms with van der Waals surface area (Å²) in [5, 5.41) is 0.229. The molecule has 0 saturated carbocycles. The Kier molecular flexibility index (Phi) is 8.99. The van der Waals surface area contributed by atoms with Gasteiger partial charge in [0.05, 0.1) is 66.0 Å². The first kappa shape index (κ1) is 29.3. The molecular weight excluding hydrogens is 556 g/mol. The summed E-state index contributed by atoms with van der Waals surface area (Å²) in [4.78, 5) is 22.8. The van der Waals surface area contributed by atoms with E-state index < -0.39 is 5.43 Å². The molecule has 3 aromatic carbocycles. The van der Waals surface area contributed by atoms with Crippen LogP contribution in [0.25, 0.3) is 33.3 Å². The number of hydrogen-bond donors (Lipinski definition) is 0. The first-order valence-electron chi connectivity index (χ1n) is 13.5. The molecule has 224 valence electrons. The number of benzene rings is 3. The molecule has 0 aliphatic heterocycles. The Bertz CT molecular complexity index is 1780. The second kappa shape index (κ2) is 13.2. The molecule has 0 aliphatic carbocycles. The van der Waals surface area contributed by atoms with Crippen LogP contribution in [-0.2, 0) is 0 Å². The fourth-order valence-corrected chi connectivity index (χ4v) is 4.62. The summed E-state index contributed by atoms with van der Waals surface area (Å²) in [6.07, 6.45) is 2.84. The number of hydrogen-bond acceptors (Lipinski definition) is 11. The predicted molar refractivity (Wildman–Crippen MR) is 160 cm³/mol. The predicted octanol–water partition coefficient (Wildman–Crippen LogP) is 5.68. The van der Waals surface area contributed by atoms with Crippen LogP contribution in [0.15, 0.2) is 63.9 Å². The highest BCUT2D eigenvalue weighted by Crippen LogP contribution is 2.44. The van der Waals surface area contributed by atoms with E-state index in [9.17, 15) is 4.79 Å². The van der Waals surface area contributed by atoms with Gasteiger partial charge in [0.1, 0.15) is 22.5 Å². The Balaban J connectivity index is 1.43. The molecule has 0 atom stereocenters. The SMILES string of the molecule is COc1cc(OC)c2c(=O)c(OCCCCOc3cnc4ccccc4n3)c(-c3cc(OC)c(OC)c(OC)c3)oc2c1. The van der Waals surface area contributed by atoms with Crippen LogP contribution >= 0.6 is 0 Å². The Hall–Kier alpha value is -5.19. The number of unbranched alkanes of at least 4 members (excludes halogenated alkanes) is 1. The van der Waals surface area contributed by atoms with E-state index in [1.165, 1.54) is 35.5 Å². The molecule has 0 radical (unpaired) electrons. The fraction of sp³-hybridized carbons (Fsp3) is 0.281. The highest BCUT2D eigenvalue weighted by Gasteiger charge is 2.24. The van der Waals surface area contributed by atoms with E-state index in [0.29, 0.717) is 59.6 Å². The van der Waals surface area contributed by atoms with Gasteiger partial charge in [0.2, 0.25) is 22.8 Å². The van der Waals surface area contributed by atoms with Crippen molar-refractivity contribution in [3.05, 3.63) is 65.0 Å². The van der Waals surface area contributed by atoms with E-state index in [2.05, 4.69) is 9.97 Å². The lowest BCUT2D eigenvalue weighted by atomic mass is 10.1. The van der Waals surface area contributed by atoms with Gasteiger partial charge in [-0.05, 0) is 37.1 Å². The van der Waals surface area contributed by atoms with Crippen LogP contribution in [0.2, 0.25) is 0 Å². The fourth-order valence-electron chi connectivity index (χ4n) is 4.62. The van der Waals surface area contributed by atoms with Crippen molar-refractivity contribution in [2.45, 2.75) is 12.8 Å². The van der Waals surface area contributed by atoms with Crippen molar-refractivity contribution in [2.75, 3.05) is 48.8 Å². The van der Waals surface area contributed by atoms with Crippen LogP contribution in [0.3, 0.4) is 0 Å². The molecule has 0 bridgehead atoms. The van der Waals surface area contributed by atoms with Crippen molar-refractivity contribution < 1.29 is 37.6 Å². The Labute approximate surface area is 247 Å². The van der Waals surface area contributed by atoms with Gasteiger partial charge in [0, 0.05) is 17.7 Å². The van der Waals surface area contributed by atoms with Crippen LogP contribution in [-0.4, -0.2) is 58.7 Å². The average Bonchev–Trinajstić information content (AvgIpc) is 3.05. The van der Waals surface area contributed by atoms with Crippen LogP contribution in [0.4, 0.5) is 0 Å². The molecule has 2 aromatic heterocycles. The quantitative estimate of drug-likeness (QED) is 0.158. The third kappa shape index (κ3) is 6.06. The van der Waals surface area contributed by atoms with Crippen molar-refractivity contribution in [1.82, 2.24) is 9.97 Å². The maximum atomic E-state index is 13.9. The van der Waals surface area contributed by atoms with Crippen molar-refractivity contribution in [3.8, 4) is 51.7 Å². The number of fused-ring (bicyclic) bond motifs is 2. The molecule has 0 unspecified atom stereocenters. The van der Waals surface area contributed by atoms with Gasteiger partial charge in [0.15, 0.2) is 17.3 Å². The van der Waals surface area contributed by atoms with Gasteiger partial charge in [-0.25, -0.2) is 9.97 Å². The van der Waals surface area contributed by atoms with E-state index in [0.717, 1.165) is 11.0 Å². The largest absolute Gasteiger partial charge is 0.496 e. The number of nitrogens with zero attached hydrogens (tertiary/aromatic N) is 2. The van der Waals surface area contributed by atoms with Crippen molar-refractivity contribution in [2.24, 2.45) is 0 Å². The molecule has 0 saturated heterocycles. The third-order valence-corrected chi connectivity index (χ3v) is 6.74. The van der Waals surface area contributed by atoms with Crippen molar-refractivity contribution >= 4 is 22.0 Å². The second-order valence-corrected chi connectivity index (χ2v) is 9.31. The monoisotopic (exact) mass is 588 g/mol. The van der Waals surface area contributed by atoms with Gasteiger partial charge in [-0.1, -0.05) is 12.1 Å². The molecular formula is C32H32N2O9. The maximum Gasteiger partial charge on any atom is 0.239 e. The summed E-state index contributed by atoms with van der Waals surface area (Å²) in [6.45, 7) is 0.620. The zero-order valence-electron chi connectivity index (χ0n) is 24.6. The summed E-state index contributed by atoms with van der Waals surface area (Å²) in [5.74, 6) is 2.61. The first-order valence-corrected chi connectivity index (χ1v) is 13.5. The van der Waals surface area contributed by atoms with Crippen LogP contribution < -0.4 is 38.6 Å². The number of aromatic nitrogens is 2. The number of methoxy groups -OCH3 is 5. The molecule has 0 fully saturated rings. The lowest BCUT2D eigenvalue weighted by Gasteiger charge is -2.17. The molecule has 11 heteroatoms. The highest BCUT2D eigenvalue weighted by atomic mass is 16.5. The molecule has 0 amide bonds. The lowest BCUT2D eigenvalue weighted by Crippen LogP contribution is -2.13. The van der Waals surface area contributed by atoms with E-state index in [4.69, 9.17) is 37.6 Å². The van der Waals surface area contributed by atoms with E-state index in [-0.39, 0.29) is 29.1 Å². The summed E-state index contributed by atoms with van der Waals surface area (Å²) in [6, 6.07) is 14.2. The van der Waals surface area contributed by atoms with Gasteiger partial charge < -0.3 is 37.6 Å². The third-order valence-electron chi connectivity index (χ3n) is 6.74. The van der Waals surface area contributed by atoms with Gasteiger partial charge in [0.25, 0.3) is 0 Å². The normalized spacial score (nSPS) is 10.9. The topological polar surface area (TPSA) is 121 Å². The molecule has 5 rings (SSSR count). The molecule has 0 N–H and O–H groups in total. The molecule has 43 heavy (non-hydrogen) atoms. The van der Waals surface area contributed by atoms with Gasteiger partial charge in [-0.15, -0.1) is 0 Å². The van der Waals surface area contributed by atoms with Crippen LogP contribution in [0.5, 0.6) is 40.4 Å². The molecule has 0 spiro atoms. The van der Waals surface area contributed by atoms with Gasteiger partial charge in [-0.2, -0.15) is 0 Å². The van der Waals surface area contributed by atoms with E-state index in [1.54, 1.807) is 30.5 Å². The minimum Gasteiger partial charge on any atom is -0.496 e. The Morgan fingerprint density at radius 2 is 1.40 bits per heavy atom. The number of ether oxygens (including phenoxy) is 7. The minimum absolute atomic E-state index is 0.0200. The lowest BCUT2D eigenvalue weighted by molar-refractivity contribution is 0.258. The summed E-state index contributed by atoms with van der Waals surface area (Å²) in [7, 11) is 7.53. The summed E-state index contributed by atoms with van der Waals surface area (Å²) in [5.41, 5.74) is 1.92. The summed E-state index contributed by atoms with van der Waals surface area (Å²) < 4.78 is 45.6. The molecule has 0 aliphatic rings. The Morgan fingerprint density at radius 3 is 2.05 bits per heavy atom. The molecule has 2 heterocycles. The van der Waals surface area contributed by atoms with Crippen molar-refractivity contribution in [1.29, 1.82) is 0 Å². The minimum atomic E-state index is -0.396. The van der Waals surface area contributed by atoms with Gasteiger partial charge in [-0.3, -0.25) is 4.79 Å². The Morgan fingerprint density at radius 1 is 0.721 bits per heavy atom. The van der Waals surface area contributed by atoms with Gasteiger partial charge >= 0.3 is 0 Å². The number of para-hydroxylation sites is 2. The zero-order chi connectivity index (χ0) is 30.3. The van der Waals surface area contributed by atoms with E-state index >= 15 is 0 Å². The smallest absolute Gasteiger partial charge is 0.239 e. The highest BCUT2D eigenvalue weighted by molar-refractivity contribution is 5.89. The standard InChI is InChI=1S/C32H32N2O9/c1-36-20-16-23(37-2)28-24(17-20)43-30(19-14-25(38-3)31(40-5)26(15-19)39-4)32(29(28)35)42-13-9-8-12-41-27-18-33-21-10-6-7-11-22(21)34-27/h6-7,10-11,14-18H,8-9,12-13H2,1-5H3. The number of rotatable bonds is 13. The van der Waals surface area contributed by atoms with Crippen molar-refractivity contribution in [3.63, 3.8) is 0 Å². The summed E-state index contributed by atoms with van der Waals surface area (Å²) >= 11 is 0. The van der Waals surface area contributed by atoms with Crippen LogP contribution in [0.1, 0.15) is 12.8 Å². The molecule has 5 aromatic rings. The maximum absolute atomic E-state index is 13.9.